The summed E-state index contributed by atoms with van der Waals surface area (Å²) in [7, 11) is 0. The van der Waals surface area contributed by atoms with E-state index in [0.717, 1.165) is 76.7 Å². The second kappa shape index (κ2) is 10.5. The zero-order valence-electron chi connectivity index (χ0n) is 15.8. The normalized spacial score (nSPS) is 16.5. The monoisotopic (exact) mass is 348 g/mol. The van der Waals surface area contributed by atoms with Gasteiger partial charge in [-0.05, 0) is 76.2 Å². The SMILES string of the molecule is CCCN(CCCCN1CCCCC1=O)C(C)Cc1cccc(F)c1. The zero-order valence-corrected chi connectivity index (χ0v) is 15.8. The van der Waals surface area contributed by atoms with Crippen LogP contribution in [0.2, 0.25) is 0 Å². The second-order valence-electron chi connectivity index (χ2n) is 7.26. The average molecular weight is 349 g/mol. The molecular formula is C21H33FN2O. The number of halogens is 1. The van der Waals surface area contributed by atoms with Crippen molar-refractivity contribution in [3.8, 4) is 0 Å². The van der Waals surface area contributed by atoms with Crippen LogP contribution in [-0.2, 0) is 11.2 Å². The van der Waals surface area contributed by atoms with Gasteiger partial charge in [0.05, 0.1) is 0 Å². The highest BCUT2D eigenvalue weighted by Gasteiger charge is 2.18. The zero-order chi connectivity index (χ0) is 18.1. The molecular weight excluding hydrogens is 315 g/mol. The van der Waals surface area contributed by atoms with Gasteiger partial charge in [0, 0.05) is 25.6 Å². The average Bonchev–Trinajstić information content (AvgIpc) is 2.59. The van der Waals surface area contributed by atoms with Crippen molar-refractivity contribution in [2.75, 3.05) is 26.2 Å². The number of likely N-dealkylation sites (tertiary alicyclic amines) is 1. The molecule has 4 heteroatoms. The number of unbranched alkanes of at least 4 members (excludes halogenated alkanes) is 1. The topological polar surface area (TPSA) is 23.6 Å². The lowest BCUT2D eigenvalue weighted by Crippen LogP contribution is -2.38. The van der Waals surface area contributed by atoms with Crippen LogP contribution in [-0.4, -0.2) is 47.9 Å². The lowest BCUT2D eigenvalue weighted by molar-refractivity contribution is -0.133. The van der Waals surface area contributed by atoms with Crippen molar-refractivity contribution < 1.29 is 9.18 Å². The molecule has 1 aliphatic rings. The molecule has 0 spiro atoms. The molecule has 1 fully saturated rings. The Kier molecular flexibility index (Phi) is 8.39. The highest BCUT2D eigenvalue weighted by Crippen LogP contribution is 2.14. The fourth-order valence-corrected chi connectivity index (χ4v) is 3.69. The van der Waals surface area contributed by atoms with Gasteiger partial charge in [-0.25, -0.2) is 4.39 Å². The van der Waals surface area contributed by atoms with E-state index in [4.69, 9.17) is 0 Å². The number of carbonyl (C=O) groups is 1. The molecule has 25 heavy (non-hydrogen) atoms. The summed E-state index contributed by atoms with van der Waals surface area (Å²) in [5.74, 6) is 0.175. The third kappa shape index (κ3) is 6.77. The van der Waals surface area contributed by atoms with Crippen molar-refractivity contribution in [2.45, 2.75) is 64.8 Å². The number of hydrogen-bond donors (Lipinski definition) is 0. The summed E-state index contributed by atoms with van der Waals surface area (Å²) in [6.07, 6.45) is 7.11. The molecule has 1 aromatic carbocycles. The summed E-state index contributed by atoms with van der Waals surface area (Å²) in [6, 6.07) is 7.34. The summed E-state index contributed by atoms with van der Waals surface area (Å²) < 4.78 is 13.4. The van der Waals surface area contributed by atoms with Crippen LogP contribution in [0, 0.1) is 5.82 Å². The molecule has 3 nitrogen and oxygen atoms in total. The number of benzene rings is 1. The molecule has 1 amide bonds. The maximum Gasteiger partial charge on any atom is 0.222 e. The predicted octanol–water partition coefficient (Wildman–Crippen LogP) is 4.26. The first-order chi connectivity index (χ1) is 12.1. The third-order valence-corrected chi connectivity index (χ3v) is 5.10. The van der Waals surface area contributed by atoms with Crippen molar-refractivity contribution in [1.29, 1.82) is 0 Å². The van der Waals surface area contributed by atoms with Crippen LogP contribution in [0.1, 0.15) is 57.9 Å². The summed E-state index contributed by atoms with van der Waals surface area (Å²) in [4.78, 5) is 16.4. The molecule has 1 aliphatic heterocycles. The fourth-order valence-electron chi connectivity index (χ4n) is 3.69. The van der Waals surface area contributed by atoms with Gasteiger partial charge in [-0.3, -0.25) is 4.79 Å². The molecule has 1 aromatic rings. The Morgan fingerprint density at radius 1 is 1.24 bits per heavy atom. The minimum atomic E-state index is -0.155. The standard InChI is InChI=1S/C21H33FN2O/c1-3-12-23(18(2)16-19-9-8-10-20(22)17-19)13-6-7-15-24-14-5-4-11-21(24)25/h8-10,17-18H,3-7,11-16H2,1-2H3. The smallest absolute Gasteiger partial charge is 0.222 e. The van der Waals surface area contributed by atoms with E-state index in [-0.39, 0.29) is 5.82 Å². The highest BCUT2D eigenvalue weighted by atomic mass is 19.1. The third-order valence-electron chi connectivity index (χ3n) is 5.10. The van der Waals surface area contributed by atoms with Gasteiger partial charge in [0.1, 0.15) is 5.82 Å². The number of amides is 1. The van der Waals surface area contributed by atoms with Crippen molar-refractivity contribution in [2.24, 2.45) is 0 Å². The lowest BCUT2D eigenvalue weighted by atomic mass is 10.0. The number of rotatable bonds is 10. The van der Waals surface area contributed by atoms with Crippen molar-refractivity contribution >= 4 is 5.91 Å². The van der Waals surface area contributed by atoms with Crippen LogP contribution in [0.5, 0.6) is 0 Å². The highest BCUT2D eigenvalue weighted by molar-refractivity contribution is 5.76. The Labute approximate surface area is 152 Å². The summed E-state index contributed by atoms with van der Waals surface area (Å²) in [6.45, 7) is 8.39. The van der Waals surface area contributed by atoms with E-state index in [1.165, 1.54) is 6.07 Å². The van der Waals surface area contributed by atoms with Gasteiger partial charge < -0.3 is 9.80 Å². The van der Waals surface area contributed by atoms with Crippen molar-refractivity contribution in [3.05, 3.63) is 35.6 Å². The van der Waals surface area contributed by atoms with Gasteiger partial charge in [0.25, 0.3) is 0 Å². The minimum absolute atomic E-state index is 0.155. The minimum Gasteiger partial charge on any atom is -0.343 e. The first-order valence-corrected chi connectivity index (χ1v) is 9.86. The van der Waals surface area contributed by atoms with Gasteiger partial charge in [0.2, 0.25) is 5.91 Å². The van der Waals surface area contributed by atoms with Crippen LogP contribution >= 0.6 is 0 Å². The van der Waals surface area contributed by atoms with Gasteiger partial charge in [-0.15, -0.1) is 0 Å². The predicted molar refractivity (Wildman–Crippen MR) is 101 cm³/mol. The molecule has 0 radical (unpaired) electrons. The maximum absolute atomic E-state index is 13.4. The quantitative estimate of drug-likeness (QED) is 0.590. The number of piperidine rings is 1. The van der Waals surface area contributed by atoms with Crippen LogP contribution in [0.3, 0.4) is 0 Å². The largest absolute Gasteiger partial charge is 0.343 e. The van der Waals surface area contributed by atoms with E-state index in [2.05, 4.69) is 18.7 Å². The van der Waals surface area contributed by atoms with Gasteiger partial charge in [-0.1, -0.05) is 19.1 Å². The van der Waals surface area contributed by atoms with E-state index >= 15 is 0 Å². The fraction of sp³-hybridized carbons (Fsp3) is 0.667. The van der Waals surface area contributed by atoms with Gasteiger partial charge in [0.15, 0.2) is 0 Å². The molecule has 0 N–H and O–H groups in total. The summed E-state index contributed by atoms with van der Waals surface area (Å²) in [5.41, 5.74) is 1.06. The Balaban J connectivity index is 1.76. The van der Waals surface area contributed by atoms with Crippen molar-refractivity contribution in [1.82, 2.24) is 9.80 Å². The van der Waals surface area contributed by atoms with E-state index < -0.39 is 0 Å². The molecule has 0 aliphatic carbocycles. The van der Waals surface area contributed by atoms with Crippen LogP contribution < -0.4 is 0 Å². The van der Waals surface area contributed by atoms with Crippen LogP contribution in [0.15, 0.2) is 24.3 Å². The van der Waals surface area contributed by atoms with E-state index in [1.54, 1.807) is 12.1 Å². The first-order valence-electron chi connectivity index (χ1n) is 9.86. The van der Waals surface area contributed by atoms with E-state index in [9.17, 15) is 9.18 Å². The molecule has 2 rings (SSSR count). The summed E-state index contributed by atoms with van der Waals surface area (Å²) >= 11 is 0. The molecule has 0 saturated carbocycles. The van der Waals surface area contributed by atoms with Gasteiger partial charge >= 0.3 is 0 Å². The Hall–Kier alpha value is -1.42. The number of carbonyl (C=O) groups excluding carboxylic acids is 1. The Bertz CT molecular complexity index is 534. The van der Waals surface area contributed by atoms with Gasteiger partial charge in [-0.2, -0.15) is 0 Å². The van der Waals surface area contributed by atoms with Crippen molar-refractivity contribution in [3.63, 3.8) is 0 Å². The molecule has 1 atom stereocenters. The lowest BCUT2D eigenvalue weighted by Gasteiger charge is -2.30. The van der Waals surface area contributed by atoms with Crippen LogP contribution in [0.4, 0.5) is 4.39 Å². The number of hydrogen-bond acceptors (Lipinski definition) is 2. The Morgan fingerprint density at radius 2 is 2.08 bits per heavy atom. The van der Waals surface area contributed by atoms with E-state index in [1.807, 2.05) is 11.0 Å². The molecule has 0 aromatic heterocycles. The maximum atomic E-state index is 13.4. The van der Waals surface area contributed by atoms with Crippen LogP contribution in [0.25, 0.3) is 0 Å². The second-order valence-corrected chi connectivity index (χ2v) is 7.26. The number of nitrogens with zero attached hydrogens (tertiary/aromatic N) is 2. The Morgan fingerprint density at radius 3 is 2.80 bits per heavy atom. The van der Waals surface area contributed by atoms with E-state index in [0.29, 0.717) is 11.9 Å². The first kappa shape index (κ1) is 19.9. The molecule has 1 heterocycles. The summed E-state index contributed by atoms with van der Waals surface area (Å²) in [5, 5.41) is 0. The molecule has 1 saturated heterocycles. The molecule has 1 unspecified atom stereocenters. The molecule has 140 valence electrons. The molecule has 0 bridgehead atoms.